The van der Waals surface area contributed by atoms with Crippen molar-refractivity contribution in [2.75, 3.05) is 6.61 Å². The van der Waals surface area contributed by atoms with Gasteiger partial charge in [-0.3, -0.25) is 0 Å². The molecule has 0 heterocycles. The average molecular weight is 248 g/mol. The van der Waals surface area contributed by atoms with Gasteiger partial charge in [0.1, 0.15) is 11.7 Å². The molecule has 3 nitrogen and oxygen atoms in total. The molecule has 3 rings (SSSR count). The van der Waals surface area contributed by atoms with Gasteiger partial charge in [-0.15, -0.1) is 0 Å². The Bertz CT molecular complexity index is 516. The summed E-state index contributed by atoms with van der Waals surface area (Å²) in [7, 11) is 0. The molecular weight excluding hydrogens is 228 g/mol. The zero-order valence-corrected chi connectivity index (χ0v) is 11.1. The Hall–Kier alpha value is -0.900. The van der Waals surface area contributed by atoms with Crippen molar-refractivity contribution in [3.8, 4) is 0 Å². The summed E-state index contributed by atoms with van der Waals surface area (Å²) in [5.41, 5.74) is 3.41. The van der Waals surface area contributed by atoms with E-state index in [-0.39, 0.29) is 12.0 Å². The predicted octanol–water partition coefficient (Wildman–Crippen LogP) is 1.46. The van der Waals surface area contributed by atoms with E-state index < -0.39 is 11.7 Å². The van der Waals surface area contributed by atoms with Gasteiger partial charge in [0, 0.05) is 5.41 Å². The highest BCUT2D eigenvalue weighted by atomic mass is 16.3. The molecule has 1 spiro atoms. The van der Waals surface area contributed by atoms with Gasteiger partial charge in [0.05, 0.1) is 6.61 Å². The monoisotopic (exact) mass is 248 g/mol. The van der Waals surface area contributed by atoms with Crippen molar-refractivity contribution >= 4 is 0 Å². The van der Waals surface area contributed by atoms with Crippen LogP contribution in [0.4, 0.5) is 0 Å². The van der Waals surface area contributed by atoms with Crippen molar-refractivity contribution in [1.82, 2.24) is 0 Å². The van der Waals surface area contributed by atoms with Crippen molar-refractivity contribution in [3.63, 3.8) is 0 Å². The van der Waals surface area contributed by atoms with E-state index in [1.807, 2.05) is 19.9 Å². The third-order valence-electron chi connectivity index (χ3n) is 5.24. The predicted molar refractivity (Wildman–Crippen MR) is 68.9 cm³/mol. The fourth-order valence-corrected chi connectivity index (χ4v) is 3.82. The normalized spacial score (nSPS) is 37.2. The van der Waals surface area contributed by atoms with Gasteiger partial charge in [-0.2, -0.15) is 0 Å². The Kier molecular flexibility index (Phi) is 2.26. The summed E-state index contributed by atoms with van der Waals surface area (Å²) in [6.45, 7) is 5.70. The second-order valence-corrected chi connectivity index (χ2v) is 6.05. The maximum atomic E-state index is 10.7. The Morgan fingerprint density at radius 1 is 1.33 bits per heavy atom. The molecule has 2 atom stereocenters. The minimum atomic E-state index is -1.10. The van der Waals surface area contributed by atoms with Crippen LogP contribution in [0.25, 0.3) is 0 Å². The first-order valence-electron chi connectivity index (χ1n) is 6.51. The number of hydrogen-bond acceptors (Lipinski definition) is 3. The highest BCUT2D eigenvalue weighted by Gasteiger charge is 2.64. The van der Waals surface area contributed by atoms with Gasteiger partial charge in [-0.25, -0.2) is 0 Å². The molecule has 3 aliphatic carbocycles. The van der Waals surface area contributed by atoms with Crippen LogP contribution in [-0.2, 0) is 0 Å². The van der Waals surface area contributed by atoms with Gasteiger partial charge in [-0.1, -0.05) is 11.6 Å². The molecular formula is C15H20O3. The number of aliphatic hydroxyl groups is 3. The first-order chi connectivity index (χ1) is 8.37. The quantitative estimate of drug-likeness (QED) is 0.658. The summed E-state index contributed by atoms with van der Waals surface area (Å²) in [5.74, 6) is 0. The highest BCUT2D eigenvalue weighted by molar-refractivity contribution is 5.66. The molecule has 0 aromatic heterocycles. The molecule has 1 unspecified atom stereocenters. The summed E-state index contributed by atoms with van der Waals surface area (Å²) >= 11 is 0. The minimum absolute atomic E-state index is 0.0105. The number of aliphatic hydroxyl groups excluding tert-OH is 2. The number of fused-ring (bicyclic) bond motifs is 1. The van der Waals surface area contributed by atoms with Crippen LogP contribution in [0.5, 0.6) is 0 Å². The van der Waals surface area contributed by atoms with Crippen LogP contribution in [0.2, 0.25) is 0 Å². The van der Waals surface area contributed by atoms with E-state index in [2.05, 4.69) is 0 Å². The number of allylic oxidation sites excluding steroid dienone is 2. The van der Waals surface area contributed by atoms with Crippen LogP contribution >= 0.6 is 0 Å². The molecule has 1 saturated carbocycles. The molecule has 18 heavy (non-hydrogen) atoms. The topological polar surface area (TPSA) is 60.7 Å². The summed E-state index contributed by atoms with van der Waals surface area (Å²) in [6.07, 6.45) is 2.87. The Balaban J connectivity index is 2.24. The lowest BCUT2D eigenvalue weighted by molar-refractivity contribution is -0.0888. The van der Waals surface area contributed by atoms with Crippen molar-refractivity contribution in [1.29, 1.82) is 0 Å². The maximum absolute atomic E-state index is 10.7. The number of hydrogen-bond donors (Lipinski definition) is 3. The second-order valence-electron chi connectivity index (χ2n) is 6.05. The smallest absolute Gasteiger partial charge is 0.109 e. The fraction of sp³-hybridized carbons (Fsp3) is 0.600. The molecule has 0 aliphatic heterocycles. The molecule has 0 aromatic carbocycles. The standard InChI is InChI=1S/C15H20O3/c1-8-6-10-12(11(8)7-16)9(2)15(4-5-15)14(3,18)13(10)17/h6,13,16-18H,4-5,7H2,1-3H3/t13?,14-/m0/s1. The molecule has 0 saturated heterocycles. The molecule has 3 heteroatoms. The summed E-state index contributed by atoms with van der Waals surface area (Å²) in [5, 5.41) is 30.7. The summed E-state index contributed by atoms with van der Waals surface area (Å²) in [4.78, 5) is 0. The fourth-order valence-electron chi connectivity index (χ4n) is 3.82. The van der Waals surface area contributed by atoms with E-state index in [0.29, 0.717) is 0 Å². The van der Waals surface area contributed by atoms with E-state index >= 15 is 0 Å². The van der Waals surface area contributed by atoms with Crippen LogP contribution in [-0.4, -0.2) is 33.6 Å². The first kappa shape index (κ1) is 12.2. The molecule has 98 valence electrons. The van der Waals surface area contributed by atoms with E-state index in [0.717, 1.165) is 40.7 Å². The van der Waals surface area contributed by atoms with Gasteiger partial charge < -0.3 is 15.3 Å². The van der Waals surface area contributed by atoms with E-state index in [1.165, 1.54) is 0 Å². The molecule has 0 amide bonds. The van der Waals surface area contributed by atoms with E-state index in [1.54, 1.807) is 6.92 Å². The van der Waals surface area contributed by atoms with Crippen LogP contribution in [0.1, 0.15) is 33.6 Å². The third-order valence-corrected chi connectivity index (χ3v) is 5.24. The largest absolute Gasteiger partial charge is 0.392 e. The Morgan fingerprint density at radius 2 is 1.94 bits per heavy atom. The third kappa shape index (κ3) is 1.15. The van der Waals surface area contributed by atoms with Crippen LogP contribution < -0.4 is 0 Å². The van der Waals surface area contributed by atoms with E-state index in [9.17, 15) is 15.3 Å². The lowest BCUT2D eigenvalue weighted by atomic mass is 9.66. The van der Waals surface area contributed by atoms with Gasteiger partial charge in [0.2, 0.25) is 0 Å². The van der Waals surface area contributed by atoms with Crippen molar-refractivity contribution in [2.24, 2.45) is 5.41 Å². The van der Waals surface area contributed by atoms with Crippen molar-refractivity contribution in [3.05, 3.63) is 33.9 Å². The lowest BCUT2D eigenvalue weighted by Gasteiger charge is -2.44. The molecule has 0 bridgehead atoms. The van der Waals surface area contributed by atoms with Gasteiger partial charge in [0.25, 0.3) is 0 Å². The Labute approximate surface area is 107 Å². The maximum Gasteiger partial charge on any atom is 0.109 e. The van der Waals surface area contributed by atoms with Gasteiger partial charge in [0.15, 0.2) is 0 Å². The zero-order chi connectivity index (χ0) is 13.3. The van der Waals surface area contributed by atoms with E-state index in [4.69, 9.17) is 0 Å². The summed E-state index contributed by atoms with van der Waals surface area (Å²) < 4.78 is 0. The Morgan fingerprint density at radius 3 is 2.44 bits per heavy atom. The number of rotatable bonds is 1. The van der Waals surface area contributed by atoms with Crippen LogP contribution in [0.15, 0.2) is 33.9 Å². The highest BCUT2D eigenvalue weighted by Crippen LogP contribution is 2.65. The summed E-state index contributed by atoms with van der Waals surface area (Å²) in [6, 6.07) is 0. The van der Waals surface area contributed by atoms with Gasteiger partial charge >= 0.3 is 0 Å². The zero-order valence-electron chi connectivity index (χ0n) is 11.1. The average Bonchev–Trinajstić information content (AvgIpc) is 3.06. The molecule has 3 N–H and O–H groups in total. The second kappa shape index (κ2) is 3.35. The molecule has 0 aromatic rings. The van der Waals surface area contributed by atoms with Crippen molar-refractivity contribution in [2.45, 2.75) is 45.3 Å². The SMILES string of the molecule is CC1=C(CO)C2=C(C)C3(CC3)[C@@](C)(O)C(O)C2=C1. The minimum Gasteiger partial charge on any atom is -0.392 e. The van der Waals surface area contributed by atoms with Crippen molar-refractivity contribution < 1.29 is 15.3 Å². The molecule has 1 fully saturated rings. The van der Waals surface area contributed by atoms with Crippen LogP contribution in [0, 0.1) is 5.41 Å². The van der Waals surface area contributed by atoms with Gasteiger partial charge in [-0.05, 0) is 55.9 Å². The lowest BCUT2D eigenvalue weighted by Crippen LogP contribution is -2.52. The first-order valence-corrected chi connectivity index (χ1v) is 6.51. The van der Waals surface area contributed by atoms with Crippen LogP contribution in [0.3, 0.4) is 0 Å². The molecule has 3 aliphatic rings. The molecule has 0 radical (unpaired) electrons.